The quantitative estimate of drug-likeness (QED) is 0.798. The monoisotopic (exact) mass is 276 g/mol. The van der Waals surface area contributed by atoms with Crippen LogP contribution in [0, 0.1) is 22.7 Å². The molecule has 0 aliphatic rings. The first-order chi connectivity index (χ1) is 7.60. The van der Waals surface area contributed by atoms with E-state index in [0.29, 0.717) is 11.1 Å². The number of Topliss-reactive ketones (excluding diaryl/α,β-unsaturated/α-hetero) is 1. The molecule has 0 saturated heterocycles. The van der Waals surface area contributed by atoms with E-state index in [4.69, 9.17) is 10.5 Å². The summed E-state index contributed by atoms with van der Waals surface area (Å²) in [4.78, 5) is 10.8. The SMILES string of the molecule is CC(=O)C(Br)c1cc(C#N)ccc1CC#N. The second kappa shape index (κ2) is 5.44. The van der Waals surface area contributed by atoms with Gasteiger partial charge in [0.2, 0.25) is 0 Å². The van der Waals surface area contributed by atoms with Crippen LogP contribution in [0.15, 0.2) is 18.2 Å². The Morgan fingerprint density at radius 1 is 1.50 bits per heavy atom. The average molecular weight is 277 g/mol. The molecule has 0 bridgehead atoms. The molecular weight excluding hydrogens is 268 g/mol. The van der Waals surface area contributed by atoms with E-state index < -0.39 is 4.83 Å². The van der Waals surface area contributed by atoms with E-state index in [0.717, 1.165) is 5.56 Å². The third-order valence-corrected chi connectivity index (χ3v) is 3.31. The van der Waals surface area contributed by atoms with Gasteiger partial charge in [0.05, 0.1) is 28.9 Å². The molecule has 1 atom stereocenters. The van der Waals surface area contributed by atoms with E-state index in [2.05, 4.69) is 15.9 Å². The van der Waals surface area contributed by atoms with E-state index in [1.165, 1.54) is 6.92 Å². The van der Waals surface area contributed by atoms with Crippen LogP contribution in [0.4, 0.5) is 0 Å². The van der Waals surface area contributed by atoms with Crippen molar-refractivity contribution in [2.24, 2.45) is 0 Å². The lowest BCUT2D eigenvalue weighted by atomic mass is 9.98. The number of ketones is 1. The molecule has 3 nitrogen and oxygen atoms in total. The first-order valence-corrected chi connectivity index (χ1v) is 5.56. The van der Waals surface area contributed by atoms with Crippen molar-refractivity contribution >= 4 is 21.7 Å². The zero-order valence-electron chi connectivity index (χ0n) is 8.70. The fraction of sp³-hybridized carbons (Fsp3) is 0.250. The highest BCUT2D eigenvalue weighted by Gasteiger charge is 2.16. The number of alkyl halides is 1. The van der Waals surface area contributed by atoms with Crippen LogP contribution in [0.2, 0.25) is 0 Å². The maximum Gasteiger partial charge on any atom is 0.147 e. The van der Waals surface area contributed by atoms with Gasteiger partial charge in [0, 0.05) is 0 Å². The number of benzene rings is 1. The van der Waals surface area contributed by atoms with E-state index in [9.17, 15) is 4.79 Å². The molecule has 0 aliphatic heterocycles. The van der Waals surface area contributed by atoms with Gasteiger partial charge >= 0.3 is 0 Å². The van der Waals surface area contributed by atoms with Crippen LogP contribution in [0.25, 0.3) is 0 Å². The molecule has 0 aliphatic carbocycles. The number of carbonyl (C=O) groups is 1. The molecule has 1 unspecified atom stereocenters. The van der Waals surface area contributed by atoms with Crippen molar-refractivity contribution in [2.75, 3.05) is 0 Å². The molecule has 0 saturated carbocycles. The molecule has 1 aromatic rings. The lowest BCUT2D eigenvalue weighted by Gasteiger charge is -2.11. The number of nitriles is 2. The molecule has 0 spiro atoms. The summed E-state index contributed by atoms with van der Waals surface area (Å²) in [5.74, 6) is -0.0470. The van der Waals surface area contributed by atoms with Gasteiger partial charge in [0.25, 0.3) is 0 Å². The number of halogens is 1. The van der Waals surface area contributed by atoms with E-state index >= 15 is 0 Å². The van der Waals surface area contributed by atoms with Crippen molar-refractivity contribution in [1.82, 2.24) is 0 Å². The first kappa shape index (κ1) is 12.4. The lowest BCUT2D eigenvalue weighted by molar-refractivity contribution is -0.116. The van der Waals surface area contributed by atoms with Crippen molar-refractivity contribution < 1.29 is 4.79 Å². The summed E-state index contributed by atoms with van der Waals surface area (Å²) in [6.07, 6.45) is 0.233. The van der Waals surface area contributed by atoms with E-state index in [1.807, 2.05) is 12.1 Å². The molecule has 1 rings (SSSR count). The van der Waals surface area contributed by atoms with Crippen molar-refractivity contribution in [1.29, 1.82) is 10.5 Å². The minimum Gasteiger partial charge on any atom is -0.298 e. The molecule has 16 heavy (non-hydrogen) atoms. The van der Waals surface area contributed by atoms with Crippen LogP contribution in [0.5, 0.6) is 0 Å². The summed E-state index contributed by atoms with van der Waals surface area (Å²) in [5.41, 5.74) is 1.97. The summed E-state index contributed by atoms with van der Waals surface area (Å²) in [6.45, 7) is 1.47. The van der Waals surface area contributed by atoms with Crippen LogP contribution in [0.1, 0.15) is 28.4 Å². The van der Waals surface area contributed by atoms with Gasteiger partial charge in [0.15, 0.2) is 0 Å². The molecule has 80 valence electrons. The van der Waals surface area contributed by atoms with Crippen LogP contribution in [-0.4, -0.2) is 5.78 Å². The highest BCUT2D eigenvalue weighted by molar-refractivity contribution is 9.09. The molecule has 0 N–H and O–H groups in total. The highest BCUT2D eigenvalue weighted by Crippen LogP contribution is 2.28. The Morgan fingerprint density at radius 2 is 2.19 bits per heavy atom. The van der Waals surface area contributed by atoms with Gasteiger partial charge in [-0.3, -0.25) is 4.79 Å². The Labute approximate surface area is 102 Å². The molecule has 4 heteroatoms. The standard InChI is InChI=1S/C12H9BrN2O/c1-8(16)12(13)11-6-9(7-15)2-3-10(11)4-5-14/h2-3,6,12H,4H2,1H3. The Bertz CT molecular complexity index is 497. The van der Waals surface area contributed by atoms with Gasteiger partial charge in [-0.25, -0.2) is 0 Å². The highest BCUT2D eigenvalue weighted by atomic mass is 79.9. The first-order valence-electron chi connectivity index (χ1n) is 4.64. The molecule has 0 heterocycles. The largest absolute Gasteiger partial charge is 0.298 e. The van der Waals surface area contributed by atoms with Gasteiger partial charge < -0.3 is 0 Å². The van der Waals surface area contributed by atoms with Crippen LogP contribution in [-0.2, 0) is 11.2 Å². The Kier molecular flexibility index (Phi) is 4.22. The Balaban J connectivity index is 3.27. The van der Waals surface area contributed by atoms with Crippen LogP contribution >= 0.6 is 15.9 Å². The van der Waals surface area contributed by atoms with Crippen molar-refractivity contribution in [2.45, 2.75) is 18.2 Å². The molecule has 0 amide bonds. The maximum absolute atomic E-state index is 11.3. The number of hydrogen-bond acceptors (Lipinski definition) is 3. The summed E-state index contributed by atoms with van der Waals surface area (Å²) >= 11 is 3.27. The molecule has 0 aromatic heterocycles. The fourth-order valence-corrected chi connectivity index (χ4v) is 1.79. The third kappa shape index (κ3) is 2.68. The second-order valence-corrected chi connectivity index (χ2v) is 4.25. The Hall–Kier alpha value is -1.65. The third-order valence-electron chi connectivity index (χ3n) is 2.17. The summed E-state index contributed by atoms with van der Waals surface area (Å²) in [5, 5.41) is 17.5. The minimum absolute atomic E-state index is 0.0470. The van der Waals surface area contributed by atoms with Crippen LogP contribution < -0.4 is 0 Å². The normalized spacial score (nSPS) is 11.2. The lowest BCUT2D eigenvalue weighted by Crippen LogP contribution is -2.05. The zero-order chi connectivity index (χ0) is 12.1. The van der Waals surface area contributed by atoms with Gasteiger partial charge in [-0.2, -0.15) is 10.5 Å². The van der Waals surface area contributed by atoms with Crippen LogP contribution in [0.3, 0.4) is 0 Å². The Morgan fingerprint density at radius 3 is 2.69 bits per heavy atom. The summed E-state index contributed by atoms with van der Waals surface area (Å²) < 4.78 is 0. The predicted molar refractivity (Wildman–Crippen MR) is 62.8 cm³/mol. The molecular formula is C12H9BrN2O. The van der Waals surface area contributed by atoms with Crippen molar-refractivity contribution in [3.8, 4) is 12.1 Å². The van der Waals surface area contributed by atoms with Crippen molar-refractivity contribution in [3.05, 3.63) is 34.9 Å². The maximum atomic E-state index is 11.3. The molecule has 0 fully saturated rings. The molecule has 0 radical (unpaired) electrons. The predicted octanol–water partition coefficient (Wildman–Crippen LogP) is 2.65. The van der Waals surface area contributed by atoms with Crippen molar-refractivity contribution in [3.63, 3.8) is 0 Å². The summed E-state index contributed by atoms with van der Waals surface area (Å²) in [6, 6.07) is 9.07. The fourth-order valence-electron chi connectivity index (χ4n) is 1.37. The van der Waals surface area contributed by atoms with Gasteiger partial charge in [0.1, 0.15) is 5.78 Å². The number of rotatable bonds is 3. The zero-order valence-corrected chi connectivity index (χ0v) is 10.3. The average Bonchev–Trinajstić information content (AvgIpc) is 2.29. The molecule has 1 aromatic carbocycles. The van der Waals surface area contributed by atoms with E-state index in [-0.39, 0.29) is 12.2 Å². The number of nitrogens with zero attached hydrogens (tertiary/aromatic N) is 2. The topological polar surface area (TPSA) is 64.7 Å². The van der Waals surface area contributed by atoms with E-state index in [1.54, 1.807) is 18.2 Å². The summed E-state index contributed by atoms with van der Waals surface area (Å²) in [7, 11) is 0. The minimum atomic E-state index is -0.454. The second-order valence-electron chi connectivity index (χ2n) is 3.33. The number of carbonyl (C=O) groups excluding carboxylic acids is 1. The van der Waals surface area contributed by atoms with Gasteiger partial charge in [-0.05, 0) is 30.2 Å². The van der Waals surface area contributed by atoms with Gasteiger partial charge in [-0.1, -0.05) is 22.0 Å². The van der Waals surface area contributed by atoms with Gasteiger partial charge in [-0.15, -0.1) is 0 Å². The number of hydrogen-bond donors (Lipinski definition) is 0. The smallest absolute Gasteiger partial charge is 0.147 e.